The maximum atomic E-state index is 5.32. The molecule has 0 unspecified atom stereocenters. The summed E-state index contributed by atoms with van der Waals surface area (Å²) >= 11 is 0. The van der Waals surface area contributed by atoms with Crippen molar-refractivity contribution >= 4 is 0 Å². The second-order valence-corrected chi connectivity index (χ2v) is 5.29. The second-order valence-electron chi connectivity index (χ2n) is 5.29. The van der Waals surface area contributed by atoms with E-state index in [2.05, 4.69) is 29.1 Å². The van der Waals surface area contributed by atoms with Crippen molar-refractivity contribution in [3.63, 3.8) is 0 Å². The molecule has 0 N–H and O–H groups in total. The molecule has 6 nitrogen and oxygen atoms in total. The van der Waals surface area contributed by atoms with E-state index in [0.29, 0.717) is 29.9 Å². The molecule has 1 aliphatic heterocycles. The van der Waals surface area contributed by atoms with Crippen LogP contribution in [0.25, 0.3) is 11.6 Å². The van der Waals surface area contributed by atoms with Gasteiger partial charge in [-0.15, -0.1) is 0 Å². The van der Waals surface area contributed by atoms with Gasteiger partial charge < -0.3 is 13.8 Å². The number of aromatic nitrogens is 3. The highest BCUT2D eigenvalue weighted by atomic mass is 16.5. The normalized spacial score (nSPS) is 19.4. The molecular formula is C13H17N3O3. The summed E-state index contributed by atoms with van der Waals surface area (Å²) in [7, 11) is 0. The standard InChI is InChI=1S/C13H17N3O3/c1-8(2)5-10-6-11(15-18-10)13-14-12(16-19-13)9-3-4-17-7-9/h6,8-9H,3-5,7H2,1-2H3/t9-/m1/s1. The van der Waals surface area contributed by atoms with Gasteiger partial charge in [-0.1, -0.05) is 24.2 Å². The summed E-state index contributed by atoms with van der Waals surface area (Å²) in [6, 6.07) is 1.86. The molecule has 19 heavy (non-hydrogen) atoms. The Kier molecular flexibility index (Phi) is 3.33. The molecule has 0 aromatic carbocycles. The molecule has 3 heterocycles. The fraction of sp³-hybridized carbons (Fsp3) is 0.615. The van der Waals surface area contributed by atoms with Crippen LogP contribution in [-0.4, -0.2) is 28.5 Å². The molecular weight excluding hydrogens is 246 g/mol. The molecule has 2 aromatic heterocycles. The van der Waals surface area contributed by atoms with Crippen LogP contribution in [-0.2, 0) is 11.2 Å². The summed E-state index contributed by atoms with van der Waals surface area (Å²) in [6.45, 7) is 5.69. The number of nitrogens with zero attached hydrogens (tertiary/aromatic N) is 3. The fourth-order valence-electron chi connectivity index (χ4n) is 2.16. The van der Waals surface area contributed by atoms with E-state index in [4.69, 9.17) is 13.8 Å². The van der Waals surface area contributed by atoms with Gasteiger partial charge in [0.2, 0.25) is 0 Å². The average Bonchev–Trinajstić information content (AvgIpc) is 3.09. The van der Waals surface area contributed by atoms with Crippen LogP contribution in [0.1, 0.15) is 37.8 Å². The molecule has 1 fully saturated rings. The van der Waals surface area contributed by atoms with Crippen molar-refractivity contribution in [1.29, 1.82) is 0 Å². The minimum Gasteiger partial charge on any atom is -0.381 e. The molecule has 2 aromatic rings. The van der Waals surface area contributed by atoms with Gasteiger partial charge in [0.1, 0.15) is 5.76 Å². The zero-order valence-electron chi connectivity index (χ0n) is 11.1. The summed E-state index contributed by atoms with van der Waals surface area (Å²) in [5.74, 6) is 2.71. The van der Waals surface area contributed by atoms with Gasteiger partial charge in [0.25, 0.3) is 5.89 Å². The van der Waals surface area contributed by atoms with Crippen molar-refractivity contribution in [3.8, 4) is 11.6 Å². The molecule has 0 saturated carbocycles. The molecule has 1 saturated heterocycles. The predicted molar refractivity (Wildman–Crippen MR) is 66.5 cm³/mol. The summed E-state index contributed by atoms with van der Waals surface area (Å²) in [4.78, 5) is 4.37. The van der Waals surface area contributed by atoms with Gasteiger partial charge in [-0.3, -0.25) is 0 Å². The van der Waals surface area contributed by atoms with Crippen LogP contribution in [0, 0.1) is 5.92 Å². The second kappa shape index (κ2) is 5.13. The first kappa shape index (κ1) is 12.3. The minimum atomic E-state index is 0.236. The van der Waals surface area contributed by atoms with Crippen molar-refractivity contribution in [2.45, 2.75) is 32.6 Å². The minimum absolute atomic E-state index is 0.236. The van der Waals surface area contributed by atoms with Gasteiger partial charge in [0.05, 0.1) is 6.61 Å². The molecule has 0 aliphatic carbocycles. The van der Waals surface area contributed by atoms with Crippen molar-refractivity contribution in [2.24, 2.45) is 5.92 Å². The van der Waals surface area contributed by atoms with E-state index in [0.717, 1.165) is 25.2 Å². The maximum Gasteiger partial charge on any atom is 0.280 e. The van der Waals surface area contributed by atoms with Gasteiger partial charge in [-0.2, -0.15) is 4.98 Å². The van der Waals surface area contributed by atoms with Crippen molar-refractivity contribution < 1.29 is 13.8 Å². The lowest BCUT2D eigenvalue weighted by atomic mass is 10.1. The third-order valence-corrected chi connectivity index (χ3v) is 3.12. The Hall–Kier alpha value is -1.69. The van der Waals surface area contributed by atoms with Gasteiger partial charge in [-0.05, 0) is 12.3 Å². The first-order chi connectivity index (χ1) is 9.22. The monoisotopic (exact) mass is 263 g/mol. The highest BCUT2D eigenvalue weighted by Crippen LogP contribution is 2.25. The SMILES string of the molecule is CC(C)Cc1cc(-c2nc([C@@H]3CCOC3)no2)no1. The van der Waals surface area contributed by atoms with Crippen LogP contribution in [0.4, 0.5) is 0 Å². The highest BCUT2D eigenvalue weighted by Gasteiger charge is 2.24. The van der Waals surface area contributed by atoms with Crippen LogP contribution < -0.4 is 0 Å². The molecule has 0 amide bonds. The van der Waals surface area contributed by atoms with Crippen molar-refractivity contribution in [1.82, 2.24) is 15.3 Å². The van der Waals surface area contributed by atoms with Gasteiger partial charge in [-0.25, -0.2) is 0 Å². The lowest BCUT2D eigenvalue weighted by Crippen LogP contribution is -1.99. The van der Waals surface area contributed by atoms with Crippen LogP contribution in [0.5, 0.6) is 0 Å². The maximum absolute atomic E-state index is 5.32. The van der Waals surface area contributed by atoms with Crippen LogP contribution in [0.15, 0.2) is 15.1 Å². The quantitative estimate of drug-likeness (QED) is 0.843. The molecule has 6 heteroatoms. The fourth-order valence-corrected chi connectivity index (χ4v) is 2.16. The topological polar surface area (TPSA) is 74.2 Å². The van der Waals surface area contributed by atoms with E-state index in [1.54, 1.807) is 0 Å². The van der Waals surface area contributed by atoms with E-state index in [-0.39, 0.29) is 5.92 Å². The van der Waals surface area contributed by atoms with Crippen LogP contribution in [0.2, 0.25) is 0 Å². The smallest absolute Gasteiger partial charge is 0.280 e. The Bertz CT molecular complexity index is 541. The van der Waals surface area contributed by atoms with Crippen LogP contribution >= 0.6 is 0 Å². The number of hydrogen-bond acceptors (Lipinski definition) is 6. The van der Waals surface area contributed by atoms with E-state index in [9.17, 15) is 0 Å². The number of rotatable bonds is 4. The summed E-state index contributed by atoms with van der Waals surface area (Å²) < 4.78 is 15.8. The largest absolute Gasteiger partial charge is 0.381 e. The third kappa shape index (κ3) is 2.68. The zero-order valence-corrected chi connectivity index (χ0v) is 11.1. The summed E-state index contributed by atoms with van der Waals surface area (Å²) in [5.41, 5.74) is 0.605. The highest BCUT2D eigenvalue weighted by molar-refractivity contribution is 5.45. The van der Waals surface area contributed by atoms with E-state index < -0.39 is 0 Å². The first-order valence-electron chi connectivity index (χ1n) is 6.59. The van der Waals surface area contributed by atoms with Crippen LogP contribution in [0.3, 0.4) is 0 Å². The summed E-state index contributed by atoms with van der Waals surface area (Å²) in [6.07, 6.45) is 1.79. The lowest BCUT2D eigenvalue weighted by Gasteiger charge is -1.97. The number of ether oxygens (including phenoxy) is 1. The Morgan fingerprint density at radius 2 is 2.21 bits per heavy atom. The Morgan fingerprint density at radius 3 is 2.95 bits per heavy atom. The van der Waals surface area contributed by atoms with E-state index in [1.807, 2.05) is 6.07 Å². The van der Waals surface area contributed by atoms with E-state index in [1.165, 1.54) is 0 Å². The number of hydrogen-bond donors (Lipinski definition) is 0. The molecule has 1 atom stereocenters. The molecule has 102 valence electrons. The lowest BCUT2D eigenvalue weighted by molar-refractivity contribution is 0.192. The average molecular weight is 263 g/mol. The van der Waals surface area contributed by atoms with Gasteiger partial charge in [0, 0.05) is 25.0 Å². The third-order valence-electron chi connectivity index (χ3n) is 3.12. The molecule has 3 rings (SSSR count). The Morgan fingerprint density at radius 1 is 1.32 bits per heavy atom. The predicted octanol–water partition coefficient (Wildman–Crippen LogP) is 2.43. The molecule has 0 spiro atoms. The Labute approximate surface area is 111 Å². The van der Waals surface area contributed by atoms with Crippen molar-refractivity contribution in [2.75, 3.05) is 13.2 Å². The summed E-state index contributed by atoms with van der Waals surface area (Å²) in [5, 5.41) is 7.97. The van der Waals surface area contributed by atoms with E-state index >= 15 is 0 Å². The Balaban J connectivity index is 1.76. The van der Waals surface area contributed by atoms with Crippen molar-refractivity contribution in [3.05, 3.63) is 17.7 Å². The van der Waals surface area contributed by atoms with Gasteiger partial charge >= 0.3 is 0 Å². The zero-order chi connectivity index (χ0) is 13.2. The molecule has 0 bridgehead atoms. The van der Waals surface area contributed by atoms with Gasteiger partial charge in [0.15, 0.2) is 11.5 Å². The first-order valence-corrected chi connectivity index (χ1v) is 6.59. The molecule has 1 aliphatic rings. The molecule has 0 radical (unpaired) electrons.